The van der Waals surface area contributed by atoms with Crippen LogP contribution < -0.4 is 5.32 Å². The third-order valence-electron chi connectivity index (χ3n) is 4.17. The van der Waals surface area contributed by atoms with Crippen molar-refractivity contribution in [1.29, 1.82) is 0 Å². The summed E-state index contributed by atoms with van der Waals surface area (Å²) in [5.41, 5.74) is -0.810. The van der Waals surface area contributed by atoms with Gasteiger partial charge in [-0.15, -0.1) is 0 Å². The number of rotatable bonds is 6. The van der Waals surface area contributed by atoms with Crippen LogP contribution in [0.25, 0.3) is 0 Å². The van der Waals surface area contributed by atoms with Crippen LogP contribution in [0, 0.1) is 6.92 Å². The lowest BCUT2D eigenvalue weighted by Crippen LogP contribution is -2.34. The maximum absolute atomic E-state index is 12.9. The minimum absolute atomic E-state index is 0.122. The number of amides is 2. The van der Waals surface area contributed by atoms with Crippen LogP contribution in [-0.4, -0.2) is 46.1 Å². The van der Waals surface area contributed by atoms with Crippen molar-refractivity contribution >= 4 is 27.7 Å². The zero-order valence-electron chi connectivity index (χ0n) is 14.0. The molecule has 1 N–H and O–H groups in total. The molecule has 140 valence electrons. The molecule has 2 amide bonds. The van der Waals surface area contributed by atoms with Gasteiger partial charge in [0.2, 0.25) is 11.8 Å². The van der Waals surface area contributed by atoms with Gasteiger partial charge in [-0.25, -0.2) is 0 Å². The molecule has 2 heterocycles. The van der Waals surface area contributed by atoms with Crippen molar-refractivity contribution in [3.8, 4) is 0 Å². The summed E-state index contributed by atoms with van der Waals surface area (Å²) in [6, 6.07) is -0.874. The predicted molar refractivity (Wildman–Crippen MR) is 87.8 cm³/mol. The zero-order valence-corrected chi connectivity index (χ0v) is 15.6. The van der Waals surface area contributed by atoms with Crippen molar-refractivity contribution in [1.82, 2.24) is 20.0 Å². The first-order valence-electron chi connectivity index (χ1n) is 8.00. The summed E-state index contributed by atoms with van der Waals surface area (Å²) in [7, 11) is 0. The first-order valence-corrected chi connectivity index (χ1v) is 8.79. The Bertz CT molecular complexity index is 660. The fraction of sp³-hybridized carbons (Fsp3) is 0.667. The van der Waals surface area contributed by atoms with E-state index in [9.17, 15) is 22.8 Å². The first kappa shape index (κ1) is 19.7. The highest BCUT2D eigenvalue weighted by molar-refractivity contribution is 9.10. The number of alkyl halides is 3. The van der Waals surface area contributed by atoms with E-state index in [1.54, 1.807) is 4.90 Å². The average molecular weight is 425 g/mol. The molecule has 0 radical (unpaired) electrons. The van der Waals surface area contributed by atoms with E-state index in [4.69, 9.17) is 0 Å². The predicted octanol–water partition coefficient (Wildman–Crippen LogP) is 2.66. The van der Waals surface area contributed by atoms with Gasteiger partial charge in [0.1, 0.15) is 6.04 Å². The van der Waals surface area contributed by atoms with Crippen LogP contribution in [0.4, 0.5) is 13.2 Å². The van der Waals surface area contributed by atoms with Crippen molar-refractivity contribution in [2.75, 3.05) is 19.6 Å². The number of nitrogens with zero attached hydrogens (tertiary/aromatic N) is 3. The van der Waals surface area contributed by atoms with Gasteiger partial charge in [-0.3, -0.25) is 14.3 Å². The number of hydrogen-bond donors (Lipinski definition) is 1. The molecule has 6 nitrogen and oxygen atoms in total. The highest BCUT2D eigenvalue weighted by atomic mass is 79.9. The van der Waals surface area contributed by atoms with Crippen molar-refractivity contribution in [2.45, 2.75) is 45.3 Å². The van der Waals surface area contributed by atoms with Crippen LogP contribution >= 0.6 is 15.9 Å². The molecular weight excluding hydrogens is 405 g/mol. The fourth-order valence-electron chi connectivity index (χ4n) is 2.74. The Morgan fingerprint density at radius 1 is 1.44 bits per heavy atom. The Labute approximate surface area is 151 Å². The number of likely N-dealkylation sites (tertiary alicyclic amines) is 1. The summed E-state index contributed by atoms with van der Waals surface area (Å²) in [6.45, 7) is 4.61. The quantitative estimate of drug-likeness (QED) is 0.713. The van der Waals surface area contributed by atoms with Crippen LogP contribution in [0.15, 0.2) is 4.47 Å². The Morgan fingerprint density at radius 3 is 2.64 bits per heavy atom. The number of aromatic nitrogens is 2. The first-order chi connectivity index (χ1) is 11.6. The van der Waals surface area contributed by atoms with E-state index in [1.807, 2.05) is 0 Å². The number of nitrogens with one attached hydrogen (secondary N) is 1. The van der Waals surface area contributed by atoms with Gasteiger partial charge in [-0.05, 0) is 42.6 Å². The van der Waals surface area contributed by atoms with Crippen molar-refractivity contribution in [3.05, 3.63) is 15.9 Å². The van der Waals surface area contributed by atoms with E-state index >= 15 is 0 Å². The van der Waals surface area contributed by atoms with Gasteiger partial charge in [0.15, 0.2) is 5.69 Å². The number of carbonyl (C=O) groups excluding carboxylic acids is 2. The lowest BCUT2D eigenvalue weighted by atomic mass is 10.3. The lowest BCUT2D eigenvalue weighted by Gasteiger charge is -2.17. The molecule has 1 aliphatic rings. The molecule has 1 aromatic rings. The molecule has 0 bridgehead atoms. The van der Waals surface area contributed by atoms with Crippen molar-refractivity contribution < 1.29 is 22.8 Å². The Kier molecular flexibility index (Phi) is 6.12. The SMILES string of the molecule is Cc1c(Br)c(C(F)(F)F)nn1[C@H](C)C(=O)NCCCN1CCCC1=O. The van der Waals surface area contributed by atoms with E-state index in [1.165, 1.54) is 13.8 Å². The third-order valence-corrected chi connectivity index (χ3v) is 5.12. The molecule has 1 aliphatic heterocycles. The minimum Gasteiger partial charge on any atom is -0.354 e. The van der Waals surface area contributed by atoms with E-state index < -0.39 is 23.8 Å². The molecule has 0 spiro atoms. The van der Waals surface area contributed by atoms with Crippen LogP contribution in [0.3, 0.4) is 0 Å². The standard InChI is InChI=1S/C15H20BrF3N4O2/c1-9-12(16)13(15(17,18)19)21-23(9)10(2)14(25)20-6-4-8-22-7-3-5-11(22)24/h10H,3-8H2,1-2H3,(H,20,25)/t10-/m1/s1. The van der Waals surface area contributed by atoms with Crippen LogP contribution in [0.2, 0.25) is 0 Å². The summed E-state index contributed by atoms with van der Waals surface area (Å²) >= 11 is 2.89. The molecule has 10 heteroatoms. The van der Waals surface area contributed by atoms with Crippen LogP contribution in [0.1, 0.15) is 43.6 Å². The maximum Gasteiger partial charge on any atom is 0.436 e. The summed E-state index contributed by atoms with van der Waals surface area (Å²) < 4.78 is 39.6. The van der Waals surface area contributed by atoms with Gasteiger partial charge in [-0.1, -0.05) is 0 Å². The van der Waals surface area contributed by atoms with E-state index in [2.05, 4.69) is 26.3 Å². The molecule has 1 saturated heterocycles. The van der Waals surface area contributed by atoms with Gasteiger partial charge < -0.3 is 10.2 Å². The maximum atomic E-state index is 12.9. The van der Waals surface area contributed by atoms with Crippen LogP contribution in [-0.2, 0) is 15.8 Å². The monoisotopic (exact) mass is 424 g/mol. The molecule has 0 aromatic carbocycles. The smallest absolute Gasteiger partial charge is 0.354 e. The molecule has 0 unspecified atom stereocenters. The number of halogens is 4. The second-order valence-electron chi connectivity index (χ2n) is 6.00. The summed E-state index contributed by atoms with van der Waals surface area (Å²) in [4.78, 5) is 25.4. The molecular formula is C15H20BrF3N4O2. The van der Waals surface area contributed by atoms with E-state index in [-0.39, 0.29) is 16.1 Å². The molecule has 0 saturated carbocycles. The normalized spacial score (nSPS) is 16.4. The second kappa shape index (κ2) is 7.76. The van der Waals surface area contributed by atoms with Gasteiger partial charge in [0.05, 0.1) is 10.2 Å². The average Bonchev–Trinajstić information content (AvgIpc) is 3.07. The van der Waals surface area contributed by atoms with Crippen LogP contribution in [0.5, 0.6) is 0 Å². The highest BCUT2D eigenvalue weighted by Crippen LogP contribution is 2.36. The number of carbonyl (C=O) groups is 2. The molecule has 25 heavy (non-hydrogen) atoms. The lowest BCUT2D eigenvalue weighted by molar-refractivity contribution is -0.142. The molecule has 0 aliphatic carbocycles. The summed E-state index contributed by atoms with van der Waals surface area (Å²) in [5.74, 6) is -0.295. The topological polar surface area (TPSA) is 67.2 Å². The number of hydrogen-bond acceptors (Lipinski definition) is 3. The Balaban J connectivity index is 1.90. The van der Waals surface area contributed by atoms with Crippen molar-refractivity contribution in [2.24, 2.45) is 0 Å². The fourth-order valence-corrected chi connectivity index (χ4v) is 3.22. The van der Waals surface area contributed by atoms with E-state index in [0.717, 1.165) is 17.6 Å². The Hall–Kier alpha value is -1.58. The van der Waals surface area contributed by atoms with Crippen molar-refractivity contribution in [3.63, 3.8) is 0 Å². The molecule has 1 atom stereocenters. The van der Waals surface area contributed by atoms with E-state index in [0.29, 0.717) is 25.9 Å². The second-order valence-corrected chi connectivity index (χ2v) is 6.79. The minimum atomic E-state index is -4.59. The Morgan fingerprint density at radius 2 is 2.12 bits per heavy atom. The zero-order chi connectivity index (χ0) is 18.8. The third kappa shape index (κ3) is 4.53. The molecule has 1 aromatic heterocycles. The summed E-state index contributed by atoms with van der Waals surface area (Å²) in [6.07, 6.45) is -2.57. The highest BCUT2D eigenvalue weighted by Gasteiger charge is 2.38. The summed E-state index contributed by atoms with van der Waals surface area (Å²) in [5, 5.41) is 6.21. The van der Waals surface area contributed by atoms with Gasteiger partial charge in [0.25, 0.3) is 0 Å². The largest absolute Gasteiger partial charge is 0.436 e. The van der Waals surface area contributed by atoms with Gasteiger partial charge >= 0.3 is 6.18 Å². The molecule has 2 rings (SSSR count). The van der Waals surface area contributed by atoms with Gasteiger partial charge in [-0.2, -0.15) is 18.3 Å². The molecule has 1 fully saturated rings. The van der Waals surface area contributed by atoms with Gasteiger partial charge in [0, 0.05) is 26.1 Å².